The van der Waals surface area contributed by atoms with Gasteiger partial charge in [-0.05, 0) is 47.3 Å². The smallest absolute Gasteiger partial charge is 0.230 e. The zero-order valence-corrected chi connectivity index (χ0v) is 19.8. The van der Waals surface area contributed by atoms with E-state index in [9.17, 15) is 4.79 Å². The second kappa shape index (κ2) is 10.7. The van der Waals surface area contributed by atoms with Crippen molar-refractivity contribution < 1.29 is 4.79 Å². The Labute approximate surface area is 180 Å². The van der Waals surface area contributed by atoms with Crippen LogP contribution in [0.15, 0.2) is 20.9 Å². The normalized spacial score (nSPS) is 16.2. The van der Waals surface area contributed by atoms with Gasteiger partial charge in [-0.2, -0.15) is 0 Å². The standard InChI is InChI=1S/C17H27BrN4OS.HI/c1-19-16(20-11-8-13-6-7-14(18)24-13)21-12-17(9-4-5-10-17)15(23)22(2)3;/h6-7H,4-5,8-12H2,1-3H3,(H2,19,20,21);1H. The van der Waals surface area contributed by atoms with Gasteiger partial charge in [0, 0.05) is 39.1 Å². The van der Waals surface area contributed by atoms with Crippen molar-refractivity contribution >= 4 is 63.1 Å². The molecule has 5 nitrogen and oxygen atoms in total. The largest absolute Gasteiger partial charge is 0.356 e. The van der Waals surface area contributed by atoms with Gasteiger partial charge in [-0.25, -0.2) is 0 Å². The van der Waals surface area contributed by atoms with E-state index in [-0.39, 0.29) is 35.3 Å². The Bertz CT molecular complexity index is 585. The van der Waals surface area contributed by atoms with Crippen LogP contribution in [0.5, 0.6) is 0 Å². The highest BCUT2D eigenvalue weighted by Gasteiger charge is 2.42. The van der Waals surface area contributed by atoms with Crippen molar-refractivity contribution in [2.24, 2.45) is 10.4 Å². The molecule has 8 heteroatoms. The fraction of sp³-hybridized carbons (Fsp3) is 0.647. The highest BCUT2D eigenvalue weighted by Crippen LogP contribution is 2.38. The van der Waals surface area contributed by atoms with Crippen molar-refractivity contribution in [3.63, 3.8) is 0 Å². The minimum absolute atomic E-state index is 0. The van der Waals surface area contributed by atoms with Gasteiger partial charge in [-0.1, -0.05) is 12.8 Å². The summed E-state index contributed by atoms with van der Waals surface area (Å²) >= 11 is 5.24. The highest BCUT2D eigenvalue weighted by atomic mass is 127. The van der Waals surface area contributed by atoms with Crippen LogP contribution in [0.4, 0.5) is 0 Å². The van der Waals surface area contributed by atoms with Crippen molar-refractivity contribution in [3.8, 4) is 0 Å². The number of carbonyl (C=O) groups is 1. The lowest BCUT2D eigenvalue weighted by atomic mass is 9.84. The molecular formula is C17H28BrIN4OS. The first-order valence-corrected chi connectivity index (χ1v) is 9.98. The van der Waals surface area contributed by atoms with Gasteiger partial charge in [0.25, 0.3) is 0 Å². The minimum Gasteiger partial charge on any atom is -0.356 e. The van der Waals surface area contributed by atoms with Gasteiger partial charge in [0.1, 0.15) is 0 Å². The third-order valence-corrected chi connectivity index (χ3v) is 6.21. The summed E-state index contributed by atoms with van der Waals surface area (Å²) in [5.74, 6) is 0.995. The summed E-state index contributed by atoms with van der Waals surface area (Å²) in [7, 11) is 5.45. The Morgan fingerprint density at radius 3 is 2.52 bits per heavy atom. The number of hydrogen-bond acceptors (Lipinski definition) is 3. The number of guanidine groups is 1. The van der Waals surface area contributed by atoms with Gasteiger partial charge in [-0.3, -0.25) is 9.79 Å². The maximum Gasteiger partial charge on any atom is 0.230 e. The number of thiophene rings is 1. The van der Waals surface area contributed by atoms with Crippen molar-refractivity contribution in [1.29, 1.82) is 0 Å². The van der Waals surface area contributed by atoms with E-state index in [2.05, 4.69) is 43.7 Å². The molecule has 1 aromatic rings. The molecule has 0 spiro atoms. The van der Waals surface area contributed by atoms with Gasteiger partial charge >= 0.3 is 0 Å². The fourth-order valence-electron chi connectivity index (χ4n) is 3.26. The molecule has 0 radical (unpaired) electrons. The Balaban J connectivity index is 0.00000312. The van der Waals surface area contributed by atoms with Gasteiger partial charge in [0.2, 0.25) is 5.91 Å². The van der Waals surface area contributed by atoms with Crippen molar-refractivity contribution in [2.75, 3.05) is 34.2 Å². The number of nitrogens with one attached hydrogen (secondary N) is 2. The molecule has 0 saturated heterocycles. The molecule has 1 amide bonds. The van der Waals surface area contributed by atoms with Crippen molar-refractivity contribution in [1.82, 2.24) is 15.5 Å². The van der Waals surface area contributed by atoms with Crippen LogP contribution >= 0.6 is 51.2 Å². The van der Waals surface area contributed by atoms with E-state index < -0.39 is 0 Å². The molecule has 0 bridgehead atoms. The van der Waals surface area contributed by atoms with E-state index in [0.717, 1.165) is 48.4 Å². The quantitative estimate of drug-likeness (QED) is 0.329. The van der Waals surface area contributed by atoms with E-state index in [1.165, 1.54) is 4.88 Å². The van der Waals surface area contributed by atoms with Crippen molar-refractivity contribution in [3.05, 3.63) is 20.8 Å². The van der Waals surface area contributed by atoms with E-state index in [1.54, 1.807) is 23.3 Å². The lowest BCUT2D eigenvalue weighted by Gasteiger charge is -2.31. The third kappa shape index (κ3) is 6.39. The number of aliphatic imine (C=N–C) groups is 1. The second-order valence-electron chi connectivity index (χ2n) is 6.50. The van der Waals surface area contributed by atoms with Crippen LogP contribution < -0.4 is 10.6 Å². The fourth-order valence-corrected chi connectivity index (χ4v) is 4.74. The van der Waals surface area contributed by atoms with Crippen LogP contribution in [0.1, 0.15) is 30.6 Å². The summed E-state index contributed by atoms with van der Waals surface area (Å²) < 4.78 is 1.16. The highest BCUT2D eigenvalue weighted by molar-refractivity contribution is 14.0. The van der Waals surface area contributed by atoms with E-state index in [1.807, 2.05) is 14.1 Å². The number of carbonyl (C=O) groups excluding carboxylic acids is 1. The molecule has 1 aromatic heterocycles. The minimum atomic E-state index is -0.278. The van der Waals surface area contributed by atoms with Gasteiger partial charge in [0.05, 0.1) is 9.20 Å². The van der Waals surface area contributed by atoms with Crippen LogP contribution in [0.25, 0.3) is 0 Å². The Morgan fingerprint density at radius 2 is 2.00 bits per heavy atom. The predicted molar refractivity (Wildman–Crippen MR) is 120 cm³/mol. The zero-order valence-electron chi connectivity index (χ0n) is 15.1. The Kier molecular flexibility index (Phi) is 9.73. The first-order valence-electron chi connectivity index (χ1n) is 8.37. The molecule has 2 rings (SSSR count). The summed E-state index contributed by atoms with van der Waals surface area (Å²) in [6, 6.07) is 4.21. The monoisotopic (exact) mass is 542 g/mol. The number of amides is 1. The van der Waals surface area contributed by atoms with Crippen LogP contribution in [-0.4, -0.2) is 51.0 Å². The van der Waals surface area contributed by atoms with Crippen LogP contribution in [-0.2, 0) is 11.2 Å². The Hall–Kier alpha value is -0.350. The maximum atomic E-state index is 12.6. The second-order valence-corrected chi connectivity index (χ2v) is 9.04. The topological polar surface area (TPSA) is 56.7 Å². The molecule has 142 valence electrons. The summed E-state index contributed by atoms with van der Waals surface area (Å²) in [6.45, 7) is 1.47. The molecule has 1 aliphatic rings. The average molecular weight is 543 g/mol. The lowest BCUT2D eigenvalue weighted by Crippen LogP contribution is -2.49. The van der Waals surface area contributed by atoms with Crippen LogP contribution in [0.2, 0.25) is 0 Å². The molecule has 0 aromatic carbocycles. The average Bonchev–Trinajstić information content (AvgIpc) is 3.19. The summed E-state index contributed by atoms with van der Waals surface area (Å²) in [6.07, 6.45) is 5.12. The molecule has 1 fully saturated rings. The first kappa shape index (κ1) is 22.7. The zero-order chi connectivity index (χ0) is 17.6. The molecule has 1 heterocycles. The van der Waals surface area contributed by atoms with Crippen molar-refractivity contribution in [2.45, 2.75) is 32.1 Å². The molecule has 25 heavy (non-hydrogen) atoms. The van der Waals surface area contributed by atoms with Crippen LogP contribution in [0, 0.1) is 5.41 Å². The van der Waals surface area contributed by atoms with E-state index >= 15 is 0 Å². The number of rotatable bonds is 6. The Morgan fingerprint density at radius 1 is 1.32 bits per heavy atom. The van der Waals surface area contributed by atoms with Gasteiger partial charge < -0.3 is 15.5 Å². The van der Waals surface area contributed by atoms with Gasteiger partial charge in [0.15, 0.2) is 5.96 Å². The number of halogens is 2. The molecular weight excluding hydrogens is 515 g/mol. The van der Waals surface area contributed by atoms with Crippen LogP contribution in [0.3, 0.4) is 0 Å². The number of nitrogens with zero attached hydrogens (tertiary/aromatic N) is 2. The summed E-state index contributed by atoms with van der Waals surface area (Å²) in [5.41, 5.74) is -0.278. The first-order chi connectivity index (χ1) is 11.5. The van der Waals surface area contributed by atoms with E-state index in [0.29, 0.717) is 6.54 Å². The van der Waals surface area contributed by atoms with Gasteiger partial charge in [-0.15, -0.1) is 35.3 Å². The molecule has 2 N–H and O–H groups in total. The molecule has 1 saturated carbocycles. The maximum absolute atomic E-state index is 12.6. The molecule has 0 unspecified atom stereocenters. The van der Waals surface area contributed by atoms with E-state index in [4.69, 9.17) is 0 Å². The summed E-state index contributed by atoms with van der Waals surface area (Å²) in [5, 5.41) is 6.71. The molecule has 0 atom stereocenters. The number of hydrogen-bond donors (Lipinski definition) is 2. The lowest BCUT2D eigenvalue weighted by molar-refractivity contribution is -0.138. The SMILES string of the molecule is CN=C(NCCc1ccc(Br)s1)NCC1(C(=O)N(C)C)CCCC1.I. The molecule has 0 aliphatic heterocycles. The molecule has 1 aliphatic carbocycles. The third-order valence-electron chi connectivity index (χ3n) is 4.53. The predicted octanol–water partition coefficient (Wildman–Crippen LogP) is 3.48. The summed E-state index contributed by atoms with van der Waals surface area (Å²) in [4.78, 5) is 19.9.